The topological polar surface area (TPSA) is 67.2 Å². The zero-order valence-corrected chi connectivity index (χ0v) is 13.0. The van der Waals surface area contributed by atoms with Crippen molar-refractivity contribution in [3.05, 3.63) is 33.9 Å². The molecule has 1 aromatic carbocycles. The molecule has 0 saturated heterocycles. The molecule has 1 unspecified atom stereocenters. The van der Waals surface area contributed by atoms with Gasteiger partial charge >= 0.3 is 5.97 Å². The number of benzene rings is 1. The van der Waals surface area contributed by atoms with E-state index >= 15 is 0 Å². The Morgan fingerprint density at radius 1 is 1.43 bits per heavy atom. The molecule has 21 heavy (non-hydrogen) atoms. The second-order valence-corrected chi connectivity index (χ2v) is 5.15. The molecule has 4 nitrogen and oxygen atoms in total. The van der Waals surface area contributed by atoms with Crippen LogP contribution in [-0.2, 0) is 9.53 Å². The van der Waals surface area contributed by atoms with E-state index in [-0.39, 0.29) is 11.9 Å². The van der Waals surface area contributed by atoms with Gasteiger partial charge in [-0.05, 0) is 55.9 Å². The van der Waals surface area contributed by atoms with Crippen LogP contribution in [0, 0.1) is 25.2 Å². The molecule has 0 amide bonds. The van der Waals surface area contributed by atoms with Gasteiger partial charge in [0.15, 0.2) is 6.29 Å². The average molecular weight is 287 g/mol. The second-order valence-electron chi connectivity index (χ2n) is 5.15. The minimum atomic E-state index is -0.205. The standard InChI is InChI=1S/C17H21NO3/c1-5-21-17(20)7-6-11(2)15-8-14(9-18)16(10-19)13(4)12(15)3/h8,10-11H,5-7H2,1-4H3. The van der Waals surface area contributed by atoms with Crippen LogP contribution in [0.3, 0.4) is 0 Å². The molecule has 4 heteroatoms. The van der Waals surface area contributed by atoms with Gasteiger partial charge in [0.1, 0.15) is 0 Å². The summed E-state index contributed by atoms with van der Waals surface area (Å²) in [5.74, 6) is -0.0790. The van der Waals surface area contributed by atoms with Crippen LogP contribution in [-0.4, -0.2) is 18.9 Å². The molecule has 0 aromatic heterocycles. The summed E-state index contributed by atoms with van der Waals surface area (Å²) in [6.07, 6.45) is 1.74. The third-order valence-corrected chi connectivity index (χ3v) is 3.85. The van der Waals surface area contributed by atoms with Gasteiger partial charge in [-0.2, -0.15) is 5.26 Å². The van der Waals surface area contributed by atoms with Crippen molar-refractivity contribution in [3.63, 3.8) is 0 Å². The summed E-state index contributed by atoms with van der Waals surface area (Å²) in [6.45, 7) is 7.98. The van der Waals surface area contributed by atoms with E-state index in [0.29, 0.717) is 30.6 Å². The summed E-state index contributed by atoms with van der Waals surface area (Å²) in [4.78, 5) is 22.5. The first-order chi connectivity index (χ1) is 9.96. The van der Waals surface area contributed by atoms with E-state index in [2.05, 4.69) is 6.07 Å². The highest BCUT2D eigenvalue weighted by atomic mass is 16.5. The van der Waals surface area contributed by atoms with Gasteiger partial charge in [-0.1, -0.05) is 6.92 Å². The molecular weight excluding hydrogens is 266 g/mol. The molecule has 0 bridgehead atoms. The third-order valence-electron chi connectivity index (χ3n) is 3.85. The quantitative estimate of drug-likeness (QED) is 0.594. The number of aldehydes is 1. The predicted molar refractivity (Wildman–Crippen MR) is 80.3 cm³/mol. The van der Waals surface area contributed by atoms with Crippen LogP contribution in [0.4, 0.5) is 0 Å². The fourth-order valence-corrected chi connectivity index (χ4v) is 2.44. The Balaban J connectivity index is 3.03. The lowest BCUT2D eigenvalue weighted by atomic mass is 9.86. The molecule has 112 valence electrons. The van der Waals surface area contributed by atoms with Crippen molar-refractivity contribution in [2.45, 2.75) is 46.5 Å². The Labute approximate surface area is 125 Å². The number of hydrogen-bond donors (Lipinski definition) is 0. The van der Waals surface area contributed by atoms with Gasteiger partial charge in [0.05, 0.1) is 18.2 Å². The summed E-state index contributed by atoms with van der Waals surface area (Å²) < 4.78 is 4.93. The molecule has 0 spiro atoms. The van der Waals surface area contributed by atoms with E-state index < -0.39 is 0 Å². The number of rotatable bonds is 6. The number of hydrogen-bond acceptors (Lipinski definition) is 4. The maximum Gasteiger partial charge on any atom is 0.305 e. The van der Waals surface area contributed by atoms with Crippen molar-refractivity contribution in [2.24, 2.45) is 0 Å². The molecule has 0 aliphatic rings. The Bertz CT molecular complexity index is 585. The van der Waals surface area contributed by atoms with Gasteiger partial charge in [0.25, 0.3) is 0 Å². The second kappa shape index (κ2) is 7.58. The van der Waals surface area contributed by atoms with Crippen LogP contribution < -0.4 is 0 Å². The maximum atomic E-state index is 11.4. The van der Waals surface area contributed by atoms with Crippen molar-refractivity contribution in [3.8, 4) is 6.07 Å². The molecular formula is C17H21NO3. The largest absolute Gasteiger partial charge is 0.466 e. The fraction of sp³-hybridized carbons (Fsp3) is 0.471. The number of nitrogens with zero attached hydrogens (tertiary/aromatic N) is 1. The lowest BCUT2D eigenvalue weighted by Gasteiger charge is -2.18. The summed E-state index contributed by atoms with van der Waals surface area (Å²) in [5, 5.41) is 9.18. The molecule has 1 aromatic rings. The lowest BCUT2D eigenvalue weighted by molar-refractivity contribution is -0.143. The number of nitriles is 1. The monoisotopic (exact) mass is 287 g/mol. The van der Waals surface area contributed by atoms with Crippen molar-refractivity contribution >= 4 is 12.3 Å². The first kappa shape index (κ1) is 16.9. The molecule has 0 N–H and O–H groups in total. The van der Waals surface area contributed by atoms with E-state index in [4.69, 9.17) is 4.74 Å². The minimum absolute atomic E-state index is 0.126. The highest BCUT2D eigenvalue weighted by molar-refractivity contribution is 5.82. The van der Waals surface area contributed by atoms with E-state index in [1.165, 1.54) is 0 Å². The molecule has 1 rings (SSSR count). The highest BCUT2D eigenvalue weighted by Crippen LogP contribution is 2.29. The molecule has 0 heterocycles. The van der Waals surface area contributed by atoms with Gasteiger partial charge in [0.2, 0.25) is 0 Å². The van der Waals surface area contributed by atoms with Gasteiger partial charge in [-0.15, -0.1) is 0 Å². The van der Waals surface area contributed by atoms with E-state index in [1.807, 2.05) is 20.8 Å². The number of carbonyl (C=O) groups is 2. The van der Waals surface area contributed by atoms with Gasteiger partial charge in [0, 0.05) is 12.0 Å². The molecule has 0 aliphatic heterocycles. The van der Waals surface area contributed by atoms with Crippen LogP contribution in [0.5, 0.6) is 0 Å². The van der Waals surface area contributed by atoms with Crippen LogP contribution in [0.25, 0.3) is 0 Å². The van der Waals surface area contributed by atoms with Gasteiger partial charge in [-0.3, -0.25) is 9.59 Å². The summed E-state index contributed by atoms with van der Waals surface area (Å²) in [5.41, 5.74) is 3.70. The molecule has 0 aliphatic carbocycles. The third kappa shape index (κ3) is 3.91. The smallest absolute Gasteiger partial charge is 0.305 e. The summed E-state index contributed by atoms with van der Waals surface area (Å²) in [7, 11) is 0. The zero-order valence-electron chi connectivity index (χ0n) is 13.0. The van der Waals surface area contributed by atoms with Crippen molar-refractivity contribution in [1.29, 1.82) is 5.26 Å². The Kier molecular flexibility index (Phi) is 6.10. The Morgan fingerprint density at radius 2 is 2.10 bits per heavy atom. The van der Waals surface area contributed by atoms with E-state index in [1.54, 1.807) is 13.0 Å². The van der Waals surface area contributed by atoms with Crippen molar-refractivity contribution in [1.82, 2.24) is 0 Å². The molecule has 0 radical (unpaired) electrons. The number of carbonyl (C=O) groups excluding carboxylic acids is 2. The average Bonchev–Trinajstić information content (AvgIpc) is 2.47. The fourth-order valence-electron chi connectivity index (χ4n) is 2.44. The predicted octanol–water partition coefficient (Wildman–Crippen LogP) is 3.43. The Hall–Kier alpha value is -2.15. The van der Waals surface area contributed by atoms with Gasteiger partial charge < -0.3 is 4.74 Å². The van der Waals surface area contributed by atoms with E-state index in [9.17, 15) is 14.9 Å². The summed E-state index contributed by atoms with van der Waals surface area (Å²) >= 11 is 0. The Morgan fingerprint density at radius 3 is 2.62 bits per heavy atom. The normalized spacial score (nSPS) is 11.6. The SMILES string of the molecule is CCOC(=O)CCC(C)c1cc(C#N)c(C=O)c(C)c1C. The first-order valence-corrected chi connectivity index (χ1v) is 7.11. The maximum absolute atomic E-state index is 11.4. The number of esters is 1. The number of ether oxygens (including phenoxy) is 1. The van der Waals surface area contributed by atoms with Crippen LogP contribution in [0.15, 0.2) is 6.07 Å². The minimum Gasteiger partial charge on any atom is -0.466 e. The van der Waals surface area contributed by atoms with Crippen LogP contribution in [0.2, 0.25) is 0 Å². The molecule has 1 atom stereocenters. The summed E-state index contributed by atoms with van der Waals surface area (Å²) in [6, 6.07) is 3.84. The van der Waals surface area contributed by atoms with Crippen LogP contribution >= 0.6 is 0 Å². The van der Waals surface area contributed by atoms with Crippen molar-refractivity contribution in [2.75, 3.05) is 6.61 Å². The first-order valence-electron chi connectivity index (χ1n) is 7.11. The van der Waals surface area contributed by atoms with Gasteiger partial charge in [-0.25, -0.2) is 0 Å². The lowest BCUT2D eigenvalue weighted by Crippen LogP contribution is -2.08. The van der Waals surface area contributed by atoms with Crippen LogP contribution in [0.1, 0.15) is 65.2 Å². The molecule has 0 saturated carbocycles. The highest BCUT2D eigenvalue weighted by Gasteiger charge is 2.17. The van der Waals surface area contributed by atoms with Crippen molar-refractivity contribution < 1.29 is 14.3 Å². The van der Waals surface area contributed by atoms with E-state index in [0.717, 1.165) is 23.0 Å². The molecule has 0 fully saturated rings. The zero-order chi connectivity index (χ0) is 16.0.